The van der Waals surface area contributed by atoms with Crippen molar-refractivity contribution in [1.82, 2.24) is 9.88 Å². The summed E-state index contributed by atoms with van der Waals surface area (Å²) in [6.07, 6.45) is 1.74. The highest BCUT2D eigenvalue weighted by Crippen LogP contribution is 2.16. The summed E-state index contributed by atoms with van der Waals surface area (Å²) >= 11 is 0. The van der Waals surface area contributed by atoms with Gasteiger partial charge in [-0.15, -0.1) is 6.58 Å². The van der Waals surface area contributed by atoms with Crippen molar-refractivity contribution in [3.05, 3.63) is 71.3 Å². The molecule has 2 aromatic rings. The van der Waals surface area contributed by atoms with Gasteiger partial charge >= 0.3 is 5.97 Å². The molecule has 0 bridgehead atoms. The molecule has 30 heavy (non-hydrogen) atoms. The zero-order valence-electron chi connectivity index (χ0n) is 17.7. The summed E-state index contributed by atoms with van der Waals surface area (Å²) in [5.74, 6) is -2.81. The van der Waals surface area contributed by atoms with Crippen LogP contribution in [-0.2, 0) is 16.1 Å². The van der Waals surface area contributed by atoms with Gasteiger partial charge in [0.25, 0.3) is 5.91 Å². The number of rotatable bonds is 9. The predicted molar refractivity (Wildman–Crippen MR) is 112 cm³/mol. The number of carbonyl (C=O) groups is 3. The maximum Gasteiger partial charge on any atom is 0.329 e. The van der Waals surface area contributed by atoms with Gasteiger partial charge in [-0.2, -0.15) is 0 Å². The molecule has 1 aromatic heterocycles. The van der Waals surface area contributed by atoms with E-state index in [1.54, 1.807) is 26.0 Å². The number of halogens is 1. The first-order valence-electron chi connectivity index (χ1n) is 9.70. The van der Waals surface area contributed by atoms with Crippen LogP contribution in [0.4, 0.5) is 4.39 Å². The van der Waals surface area contributed by atoms with E-state index in [0.717, 1.165) is 11.4 Å². The Labute approximate surface area is 175 Å². The molecule has 0 aliphatic carbocycles. The molecule has 2 rings (SSSR count). The van der Waals surface area contributed by atoms with Gasteiger partial charge in [-0.25, -0.2) is 9.18 Å². The van der Waals surface area contributed by atoms with E-state index < -0.39 is 30.3 Å². The quantitative estimate of drug-likeness (QED) is 0.386. The number of benzene rings is 1. The molecule has 0 spiro atoms. The van der Waals surface area contributed by atoms with Crippen molar-refractivity contribution in [1.29, 1.82) is 0 Å². The van der Waals surface area contributed by atoms with Crippen LogP contribution in [0.25, 0.3) is 0 Å². The molecule has 1 amide bonds. The molecule has 0 fully saturated rings. The molecule has 1 aromatic carbocycles. The lowest BCUT2D eigenvalue weighted by molar-refractivity contribution is -0.145. The Morgan fingerprint density at radius 3 is 2.47 bits per heavy atom. The molecule has 7 heteroatoms. The summed E-state index contributed by atoms with van der Waals surface area (Å²) in [5.41, 5.74) is 1.97. The lowest BCUT2D eigenvalue weighted by Crippen LogP contribution is -2.46. The number of hydrogen-bond donors (Lipinski definition) is 1. The monoisotopic (exact) mass is 414 g/mol. The van der Waals surface area contributed by atoms with E-state index in [9.17, 15) is 18.8 Å². The molecular weight excluding hydrogens is 387 g/mol. The van der Waals surface area contributed by atoms with Gasteiger partial charge in [-0.05, 0) is 38.0 Å². The van der Waals surface area contributed by atoms with Crippen LogP contribution in [-0.4, -0.2) is 34.9 Å². The van der Waals surface area contributed by atoms with Crippen LogP contribution in [0, 0.1) is 25.6 Å². The number of carbonyl (C=O) groups excluding carboxylic acids is 3. The van der Waals surface area contributed by atoms with Crippen LogP contribution in [0.1, 0.15) is 46.0 Å². The largest absolute Gasteiger partial charge is 0.456 e. The highest BCUT2D eigenvalue weighted by Gasteiger charge is 2.28. The van der Waals surface area contributed by atoms with Gasteiger partial charge in [0.15, 0.2) is 6.61 Å². The van der Waals surface area contributed by atoms with Crippen LogP contribution >= 0.6 is 0 Å². The zero-order chi connectivity index (χ0) is 22.4. The molecule has 6 nitrogen and oxygen atoms in total. The average Bonchev–Trinajstić information content (AvgIpc) is 2.98. The second kappa shape index (κ2) is 10.0. The van der Waals surface area contributed by atoms with Crippen molar-refractivity contribution in [3.8, 4) is 0 Å². The third-order valence-electron chi connectivity index (χ3n) is 4.86. The fourth-order valence-electron chi connectivity index (χ4n) is 3.16. The number of amides is 1. The van der Waals surface area contributed by atoms with Crippen LogP contribution in [0.3, 0.4) is 0 Å². The number of Topliss-reactive ketones (excluding diaryl/α,β-unsaturated/α-hetero) is 1. The molecule has 160 valence electrons. The summed E-state index contributed by atoms with van der Waals surface area (Å²) < 4.78 is 21.0. The highest BCUT2D eigenvalue weighted by molar-refractivity contribution is 6.00. The van der Waals surface area contributed by atoms with Crippen LogP contribution < -0.4 is 5.32 Å². The Morgan fingerprint density at radius 2 is 1.87 bits per heavy atom. The number of allylic oxidation sites excluding steroid dienone is 1. The fourth-order valence-corrected chi connectivity index (χ4v) is 3.16. The summed E-state index contributed by atoms with van der Waals surface area (Å²) in [5, 5.41) is 2.50. The number of ketones is 1. The molecule has 1 heterocycles. The Kier molecular flexibility index (Phi) is 7.69. The van der Waals surface area contributed by atoms with Crippen molar-refractivity contribution < 1.29 is 23.5 Å². The first kappa shape index (κ1) is 23.1. The van der Waals surface area contributed by atoms with Crippen molar-refractivity contribution in [2.45, 2.75) is 40.3 Å². The number of esters is 1. The minimum atomic E-state index is -1.02. The first-order chi connectivity index (χ1) is 14.2. The molecule has 0 saturated heterocycles. The number of nitrogens with zero attached hydrogens (tertiary/aromatic N) is 1. The number of ether oxygens (including phenoxy) is 1. The number of hydrogen-bond acceptors (Lipinski definition) is 4. The van der Waals surface area contributed by atoms with Crippen molar-refractivity contribution in [2.24, 2.45) is 5.92 Å². The first-order valence-corrected chi connectivity index (χ1v) is 9.70. The van der Waals surface area contributed by atoms with Crippen molar-refractivity contribution >= 4 is 17.7 Å². The Balaban J connectivity index is 2.06. The molecule has 0 saturated carbocycles. The SMILES string of the molecule is C=CCn1c(C)cc(C(=O)COC(=O)[C@@H](NC(=O)c2ccccc2F)C(C)C)c1C. The van der Waals surface area contributed by atoms with Crippen molar-refractivity contribution in [3.63, 3.8) is 0 Å². The second-order valence-electron chi connectivity index (χ2n) is 7.39. The van der Waals surface area contributed by atoms with E-state index in [-0.39, 0.29) is 17.3 Å². The maximum atomic E-state index is 13.8. The normalized spacial score (nSPS) is 11.8. The van der Waals surface area contributed by atoms with E-state index in [0.29, 0.717) is 12.1 Å². The molecule has 0 aliphatic rings. The van der Waals surface area contributed by atoms with Crippen LogP contribution in [0.15, 0.2) is 43.0 Å². The molecule has 1 atom stereocenters. The van der Waals surface area contributed by atoms with Gasteiger partial charge in [0.2, 0.25) is 5.78 Å². The van der Waals surface area contributed by atoms with Crippen LogP contribution in [0.2, 0.25) is 0 Å². The number of nitrogens with one attached hydrogen (secondary N) is 1. The van der Waals surface area contributed by atoms with Gasteiger partial charge in [0.05, 0.1) is 5.56 Å². The number of aryl methyl sites for hydroxylation is 1. The molecular formula is C23H27FN2O4. The van der Waals surface area contributed by atoms with Gasteiger partial charge in [0.1, 0.15) is 11.9 Å². The minimum Gasteiger partial charge on any atom is -0.456 e. The van der Waals surface area contributed by atoms with Gasteiger partial charge in [-0.3, -0.25) is 9.59 Å². The van der Waals surface area contributed by atoms with E-state index in [1.807, 2.05) is 18.4 Å². The van der Waals surface area contributed by atoms with E-state index in [2.05, 4.69) is 11.9 Å². The summed E-state index contributed by atoms with van der Waals surface area (Å²) in [4.78, 5) is 37.5. The Hall–Kier alpha value is -3.22. The van der Waals surface area contributed by atoms with Crippen LogP contribution in [0.5, 0.6) is 0 Å². The second-order valence-corrected chi connectivity index (χ2v) is 7.39. The highest BCUT2D eigenvalue weighted by atomic mass is 19.1. The molecule has 0 aliphatic heterocycles. The maximum absolute atomic E-state index is 13.8. The molecule has 0 unspecified atom stereocenters. The Bertz CT molecular complexity index is 962. The van der Waals surface area contributed by atoms with Gasteiger partial charge in [-0.1, -0.05) is 32.1 Å². The summed E-state index contributed by atoms with van der Waals surface area (Å²) in [7, 11) is 0. The summed E-state index contributed by atoms with van der Waals surface area (Å²) in [6.45, 7) is 11.0. The van der Waals surface area contributed by atoms with Crippen molar-refractivity contribution in [2.75, 3.05) is 6.61 Å². The van der Waals surface area contributed by atoms with E-state index in [1.165, 1.54) is 24.3 Å². The topological polar surface area (TPSA) is 77.4 Å². The summed E-state index contributed by atoms with van der Waals surface area (Å²) in [6, 6.07) is 6.22. The standard InChI is InChI=1S/C23H27FN2O4/c1-6-11-26-15(4)12-18(16(26)5)20(27)13-30-23(29)21(14(2)3)25-22(28)17-9-7-8-10-19(17)24/h6-10,12,14,21H,1,11,13H2,2-5H3,(H,25,28)/t21-/m0/s1. The molecule has 1 N–H and O–H groups in total. The van der Waals surface area contributed by atoms with Gasteiger partial charge in [0, 0.05) is 23.5 Å². The van der Waals surface area contributed by atoms with Gasteiger partial charge < -0.3 is 14.6 Å². The zero-order valence-corrected chi connectivity index (χ0v) is 17.7. The smallest absolute Gasteiger partial charge is 0.329 e. The van der Waals surface area contributed by atoms with E-state index in [4.69, 9.17) is 4.74 Å². The number of aromatic nitrogens is 1. The lowest BCUT2D eigenvalue weighted by atomic mass is 10.0. The van der Waals surface area contributed by atoms with E-state index >= 15 is 0 Å². The lowest BCUT2D eigenvalue weighted by Gasteiger charge is -2.21. The average molecular weight is 414 g/mol. The molecule has 0 radical (unpaired) electrons. The predicted octanol–water partition coefficient (Wildman–Crippen LogP) is 3.61. The Morgan fingerprint density at radius 1 is 1.20 bits per heavy atom. The third-order valence-corrected chi connectivity index (χ3v) is 4.86. The third kappa shape index (κ3) is 5.23. The fraction of sp³-hybridized carbons (Fsp3) is 0.348. The minimum absolute atomic E-state index is 0.165.